The highest BCUT2D eigenvalue weighted by Gasteiger charge is 2.21. The van der Waals surface area contributed by atoms with Gasteiger partial charge >= 0.3 is 5.97 Å². The van der Waals surface area contributed by atoms with Gasteiger partial charge in [-0.05, 0) is 53.6 Å². The Morgan fingerprint density at radius 1 is 0.811 bits per heavy atom. The first-order valence-corrected chi connectivity index (χ1v) is 13.1. The fourth-order valence-electron chi connectivity index (χ4n) is 4.88. The second-order valence-corrected chi connectivity index (χ2v) is 10.6. The molecular formula is C30H18Br2N2O3. The minimum Gasteiger partial charge on any atom is -0.481 e. The molecule has 0 aliphatic carbocycles. The number of benzene rings is 4. The number of halogens is 2. The van der Waals surface area contributed by atoms with Gasteiger partial charge in [0.15, 0.2) is 5.78 Å². The summed E-state index contributed by atoms with van der Waals surface area (Å²) in [6.07, 6.45) is -0.136. The summed E-state index contributed by atoms with van der Waals surface area (Å²) in [4.78, 5) is 33.4. The van der Waals surface area contributed by atoms with E-state index < -0.39 is 5.97 Å². The van der Waals surface area contributed by atoms with Crippen molar-refractivity contribution in [1.82, 2.24) is 9.97 Å². The van der Waals surface area contributed by atoms with Gasteiger partial charge in [-0.25, -0.2) is 4.98 Å². The molecule has 0 amide bonds. The Bertz CT molecular complexity index is 1860. The zero-order chi connectivity index (χ0) is 25.7. The van der Waals surface area contributed by atoms with Crippen LogP contribution in [0.4, 0.5) is 0 Å². The molecule has 37 heavy (non-hydrogen) atoms. The molecule has 0 saturated carbocycles. The number of ketones is 1. The third-order valence-electron chi connectivity index (χ3n) is 6.50. The predicted molar refractivity (Wildman–Crippen MR) is 153 cm³/mol. The van der Waals surface area contributed by atoms with Gasteiger partial charge in [-0.1, -0.05) is 74.3 Å². The van der Waals surface area contributed by atoms with Crippen LogP contribution in [0, 0.1) is 0 Å². The Balaban J connectivity index is 1.70. The van der Waals surface area contributed by atoms with Crippen molar-refractivity contribution < 1.29 is 14.7 Å². The van der Waals surface area contributed by atoms with Gasteiger partial charge in [0, 0.05) is 41.8 Å². The van der Waals surface area contributed by atoms with Gasteiger partial charge in [0.1, 0.15) is 5.65 Å². The molecule has 2 N–H and O–H groups in total. The molecule has 0 radical (unpaired) electrons. The van der Waals surface area contributed by atoms with Crippen LogP contribution in [0.2, 0.25) is 0 Å². The number of carbonyl (C=O) groups is 2. The van der Waals surface area contributed by atoms with Crippen LogP contribution in [-0.2, 0) is 11.2 Å². The summed E-state index contributed by atoms with van der Waals surface area (Å²) >= 11 is 6.94. The number of carboxylic acids is 1. The number of nitrogens with one attached hydrogen (secondary N) is 1. The third-order valence-corrected chi connectivity index (χ3v) is 7.56. The molecule has 0 saturated heterocycles. The van der Waals surface area contributed by atoms with Gasteiger partial charge in [0.2, 0.25) is 0 Å². The molecule has 6 aromatic rings. The molecule has 0 aliphatic heterocycles. The van der Waals surface area contributed by atoms with E-state index in [2.05, 4.69) is 36.8 Å². The Hall–Kier alpha value is -3.81. The van der Waals surface area contributed by atoms with Crippen LogP contribution in [0.15, 0.2) is 93.9 Å². The summed E-state index contributed by atoms with van der Waals surface area (Å²) in [5.41, 5.74) is 5.62. The molecule has 0 spiro atoms. The number of H-pyrrole nitrogens is 1. The number of nitrogens with zero attached hydrogens (tertiary/aromatic N) is 1. The minimum absolute atomic E-state index is 0.0917. The number of aliphatic carboxylic acids is 1. The lowest BCUT2D eigenvalue weighted by Crippen LogP contribution is -2.02. The molecule has 0 bridgehead atoms. The molecule has 2 aromatic heterocycles. The van der Waals surface area contributed by atoms with Crippen molar-refractivity contribution in [1.29, 1.82) is 0 Å². The summed E-state index contributed by atoms with van der Waals surface area (Å²) in [6, 6.07) is 26.6. The number of pyridine rings is 1. The molecule has 2 heterocycles. The zero-order valence-corrected chi connectivity index (χ0v) is 22.4. The first-order valence-electron chi connectivity index (χ1n) is 11.5. The van der Waals surface area contributed by atoms with E-state index >= 15 is 0 Å². The number of para-hydroxylation sites is 2. The first kappa shape index (κ1) is 23.6. The maximum atomic E-state index is 13.5. The molecular weight excluding hydrogens is 596 g/mol. The van der Waals surface area contributed by atoms with Crippen LogP contribution in [-0.4, -0.2) is 26.8 Å². The Morgan fingerprint density at radius 3 is 2.16 bits per heavy atom. The highest BCUT2D eigenvalue weighted by Crippen LogP contribution is 2.41. The Morgan fingerprint density at radius 2 is 1.46 bits per heavy atom. The summed E-state index contributed by atoms with van der Waals surface area (Å²) in [5, 5.41) is 12.1. The van der Waals surface area contributed by atoms with Crippen LogP contribution in [0.3, 0.4) is 0 Å². The van der Waals surface area contributed by atoms with Crippen LogP contribution in [0.1, 0.15) is 21.5 Å². The number of hydrogen-bond acceptors (Lipinski definition) is 3. The molecule has 0 fully saturated rings. The number of hydrogen-bond donors (Lipinski definition) is 2. The van der Waals surface area contributed by atoms with Crippen molar-refractivity contribution in [3.63, 3.8) is 0 Å². The SMILES string of the molecule is O=C(O)Cc1cccc2c(-c3ccc(Br)cc3)c3c(nc12)[nH]c1c(C(=O)c2ccc(Br)cc2)cccc13. The zero-order valence-electron chi connectivity index (χ0n) is 19.3. The average Bonchev–Trinajstić information content (AvgIpc) is 3.26. The van der Waals surface area contributed by atoms with Crippen molar-refractivity contribution in [3.8, 4) is 11.1 Å². The highest BCUT2D eigenvalue weighted by atomic mass is 79.9. The Kier molecular flexibility index (Phi) is 5.89. The standard InChI is InChI=1S/C30H18Br2N2O3/c31-19-11-7-16(8-12-19)25-21-4-1-3-18(15-24(35)36)27(21)33-30-26(25)22-5-2-6-23(28(22)34-30)29(37)17-9-13-20(32)14-10-17/h1-14H,15H2,(H,33,34)(H,35,36). The third kappa shape index (κ3) is 4.14. The van der Waals surface area contributed by atoms with Gasteiger partial charge in [-0.2, -0.15) is 0 Å². The fourth-order valence-corrected chi connectivity index (χ4v) is 5.41. The van der Waals surface area contributed by atoms with Crippen LogP contribution < -0.4 is 0 Å². The topological polar surface area (TPSA) is 83.0 Å². The maximum Gasteiger partial charge on any atom is 0.307 e. The van der Waals surface area contributed by atoms with Crippen LogP contribution in [0.25, 0.3) is 44.0 Å². The molecule has 180 valence electrons. The molecule has 0 unspecified atom stereocenters. The maximum absolute atomic E-state index is 13.5. The van der Waals surface area contributed by atoms with E-state index in [1.54, 1.807) is 18.2 Å². The molecule has 5 nitrogen and oxygen atoms in total. The fraction of sp³-hybridized carbons (Fsp3) is 0.0333. The second kappa shape index (κ2) is 9.25. The first-order chi connectivity index (χ1) is 17.9. The molecule has 6 rings (SSSR count). The quantitative estimate of drug-likeness (QED) is 0.193. The smallest absolute Gasteiger partial charge is 0.307 e. The molecule has 4 aromatic carbocycles. The van der Waals surface area contributed by atoms with Gasteiger partial charge in [-0.3, -0.25) is 9.59 Å². The number of aromatic amines is 1. The van der Waals surface area contributed by atoms with E-state index in [0.29, 0.717) is 33.4 Å². The largest absolute Gasteiger partial charge is 0.481 e. The summed E-state index contributed by atoms with van der Waals surface area (Å²) in [5.74, 6) is -1.01. The predicted octanol–water partition coefficient (Wildman–Crippen LogP) is 7.92. The lowest BCUT2D eigenvalue weighted by Gasteiger charge is -2.12. The van der Waals surface area contributed by atoms with Crippen molar-refractivity contribution in [2.45, 2.75) is 6.42 Å². The second-order valence-electron chi connectivity index (χ2n) is 8.79. The van der Waals surface area contributed by atoms with E-state index in [4.69, 9.17) is 4.98 Å². The lowest BCUT2D eigenvalue weighted by molar-refractivity contribution is -0.136. The molecule has 0 atom stereocenters. The lowest BCUT2D eigenvalue weighted by atomic mass is 9.93. The summed E-state index contributed by atoms with van der Waals surface area (Å²) in [6.45, 7) is 0. The summed E-state index contributed by atoms with van der Waals surface area (Å²) in [7, 11) is 0. The summed E-state index contributed by atoms with van der Waals surface area (Å²) < 4.78 is 1.86. The van der Waals surface area contributed by atoms with E-state index in [1.165, 1.54) is 0 Å². The van der Waals surface area contributed by atoms with Crippen molar-refractivity contribution in [2.75, 3.05) is 0 Å². The van der Waals surface area contributed by atoms with Crippen molar-refractivity contribution in [3.05, 3.63) is 111 Å². The van der Waals surface area contributed by atoms with Crippen molar-refractivity contribution in [2.24, 2.45) is 0 Å². The van der Waals surface area contributed by atoms with E-state index in [9.17, 15) is 14.7 Å². The van der Waals surface area contributed by atoms with Gasteiger partial charge in [0.05, 0.1) is 17.5 Å². The normalized spacial score (nSPS) is 11.4. The van der Waals surface area contributed by atoms with Crippen LogP contribution >= 0.6 is 31.9 Å². The van der Waals surface area contributed by atoms with Gasteiger partial charge < -0.3 is 10.1 Å². The number of carboxylic acid groups (broad SMARTS) is 1. The van der Waals surface area contributed by atoms with Crippen LogP contribution in [0.5, 0.6) is 0 Å². The van der Waals surface area contributed by atoms with Crippen molar-refractivity contribution >= 4 is 76.5 Å². The minimum atomic E-state index is -0.918. The average molecular weight is 614 g/mol. The number of rotatable bonds is 5. The molecule has 7 heteroatoms. The monoisotopic (exact) mass is 612 g/mol. The van der Waals surface area contributed by atoms with E-state index in [0.717, 1.165) is 36.2 Å². The highest BCUT2D eigenvalue weighted by molar-refractivity contribution is 9.10. The number of carbonyl (C=O) groups excluding carboxylic acids is 1. The molecule has 0 aliphatic rings. The number of fused-ring (bicyclic) bond motifs is 4. The van der Waals surface area contributed by atoms with Gasteiger partial charge in [0.25, 0.3) is 0 Å². The Labute approximate surface area is 228 Å². The van der Waals surface area contributed by atoms with E-state index in [1.807, 2.05) is 66.7 Å². The van der Waals surface area contributed by atoms with E-state index in [-0.39, 0.29) is 12.2 Å². The van der Waals surface area contributed by atoms with Gasteiger partial charge in [-0.15, -0.1) is 0 Å². The number of aromatic nitrogens is 2.